The van der Waals surface area contributed by atoms with E-state index in [1.165, 1.54) is 0 Å². The lowest BCUT2D eigenvalue weighted by Gasteiger charge is -2.05. The van der Waals surface area contributed by atoms with Crippen LogP contribution in [0.25, 0.3) is 0 Å². The molecule has 1 aromatic carbocycles. The molecule has 0 bridgehead atoms. The van der Waals surface area contributed by atoms with Crippen molar-refractivity contribution in [2.75, 3.05) is 0 Å². The average Bonchev–Trinajstić information content (AvgIpc) is 2.09. The van der Waals surface area contributed by atoms with Crippen molar-refractivity contribution < 1.29 is 30.5 Å². The van der Waals surface area contributed by atoms with E-state index >= 15 is 0 Å². The molecule has 0 saturated heterocycles. The van der Waals surface area contributed by atoms with E-state index in [9.17, 15) is 26.0 Å². The SMILES string of the molecule is O=S(=O)(O)c1c(F)c(F)c(F)c(I)c1F. The molecule has 0 unspecified atom stereocenters. The lowest BCUT2D eigenvalue weighted by Crippen LogP contribution is -2.11. The molecule has 84 valence electrons. The number of benzene rings is 1. The van der Waals surface area contributed by atoms with Gasteiger partial charge in [0.25, 0.3) is 0 Å². The molecule has 9 heteroatoms. The van der Waals surface area contributed by atoms with E-state index in [1.54, 1.807) is 0 Å². The first-order valence-electron chi connectivity index (χ1n) is 3.16. The molecule has 0 fully saturated rings. The number of halogens is 5. The minimum Gasteiger partial charge on any atom is -0.282 e. The van der Waals surface area contributed by atoms with E-state index in [0.29, 0.717) is 0 Å². The average molecular weight is 356 g/mol. The van der Waals surface area contributed by atoms with Gasteiger partial charge in [0.05, 0.1) is 3.57 Å². The van der Waals surface area contributed by atoms with Gasteiger partial charge in [-0.3, -0.25) is 4.55 Å². The molecule has 0 amide bonds. The molecule has 0 heterocycles. The quantitative estimate of drug-likeness (QED) is 0.276. The smallest absolute Gasteiger partial charge is 0.282 e. The fraction of sp³-hybridized carbons (Fsp3) is 0. The van der Waals surface area contributed by atoms with Gasteiger partial charge in [-0.05, 0) is 22.6 Å². The standard InChI is InChI=1S/C6HF4IO3S/c7-1-2(8)5(11)4(10)6(3(1)9)15(12,13)14/h(H,12,13,14). The van der Waals surface area contributed by atoms with E-state index < -0.39 is 41.9 Å². The molecule has 3 nitrogen and oxygen atoms in total. The topological polar surface area (TPSA) is 54.4 Å². The van der Waals surface area contributed by atoms with Crippen LogP contribution in [0.2, 0.25) is 0 Å². The zero-order valence-corrected chi connectivity index (χ0v) is 9.54. The van der Waals surface area contributed by atoms with E-state index in [2.05, 4.69) is 0 Å². The minimum atomic E-state index is -5.29. The number of rotatable bonds is 1. The number of hydrogen-bond acceptors (Lipinski definition) is 2. The molecule has 1 aromatic rings. The zero-order chi connectivity index (χ0) is 12.0. The predicted octanol–water partition coefficient (Wildman–Crippen LogP) is 2.09. The number of hydrogen-bond donors (Lipinski definition) is 1. The van der Waals surface area contributed by atoms with Crippen LogP contribution in [0.4, 0.5) is 17.6 Å². The summed E-state index contributed by atoms with van der Waals surface area (Å²) in [5.74, 6) is -8.16. The maximum atomic E-state index is 13.0. The van der Waals surface area contributed by atoms with Crippen LogP contribution >= 0.6 is 22.6 Å². The Morgan fingerprint density at radius 3 is 1.80 bits per heavy atom. The fourth-order valence-electron chi connectivity index (χ4n) is 0.811. The Morgan fingerprint density at radius 2 is 1.40 bits per heavy atom. The van der Waals surface area contributed by atoms with Crippen LogP contribution in [0.3, 0.4) is 0 Å². The Balaban J connectivity index is 3.84. The van der Waals surface area contributed by atoms with Gasteiger partial charge in [-0.1, -0.05) is 0 Å². The molecule has 0 aliphatic heterocycles. The Hall–Kier alpha value is -0.420. The summed E-state index contributed by atoms with van der Waals surface area (Å²) < 4.78 is 79.4. The third-order valence-electron chi connectivity index (χ3n) is 1.43. The summed E-state index contributed by atoms with van der Waals surface area (Å²) in [4.78, 5) is -1.90. The summed E-state index contributed by atoms with van der Waals surface area (Å²) in [5, 5.41) is 0. The van der Waals surface area contributed by atoms with Crippen molar-refractivity contribution >= 4 is 32.7 Å². The van der Waals surface area contributed by atoms with Crippen molar-refractivity contribution in [3.8, 4) is 0 Å². The molecule has 0 saturated carbocycles. The van der Waals surface area contributed by atoms with Crippen LogP contribution in [-0.4, -0.2) is 13.0 Å². The summed E-state index contributed by atoms with van der Waals surface area (Å²) in [7, 11) is -5.29. The first-order valence-corrected chi connectivity index (χ1v) is 5.68. The summed E-state index contributed by atoms with van der Waals surface area (Å²) in [6, 6.07) is 0. The van der Waals surface area contributed by atoms with Crippen molar-refractivity contribution in [2.24, 2.45) is 0 Å². The third-order valence-corrected chi connectivity index (χ3v) is 3.25. The summed E-state index contributed by atoms with van der Waals surface area (Å²) in [6.45, 7) is 0. The van der Waals surface area contributed by atoms with Gasteiger partial charge in [0.15, 0.2) is 28.2 Å². The highest BCUT2D eigenvalue weighted by Gasteiger charge is 2.30. The van der Waals surface area contributed by atoms with Gasteiger partial charge in [-0.15, -0.1) is 0 Å². The minimum absolute atomic E-state index is 0.945. The molecule has 0 atom stereocenters. The third kappa shape index (κ3) is 2.08. The first-order chi connectivity index (χ1) is 6.68. The van der Waals surface area contributed by atoms with Gasteiger partial charge < -0.3 is 0 Å². The molecular weight excluding hydrogens is 355 g/mol. The van der Waals surface area contributed by atoms with E-state index in [4.69, 9.17) is 4.55 Å². The van der Waals surface area contributed by atoms with Gasteiger partial charge in [-0.25, -0.2) is 17.6 Å². The summed E-state index contributed by atoms with van der Waals surface area (Å²) >= 11 is 0.945. The van der Waals surface area contributed by atoms with Crippen LogP contribution in [-0.2, 0) is 10.1 Å². The molecule has 1 rings (SSSR count). The van der Waals surface area contributed by atoms with Crippen molar-refractivity contribution in [2.45, 2.75) is 4.90 Å². The Morgan fingerprint density at radius 1 is 0.933 bits per heavy atom. The second kappa shape index (κ2) is 3.87. The monoisotopic (exact) mass is 356 g/mol. The lowest BCUT2D eigenvalue weighted by molar-refractivity contribution is 0.395. The van der Waals surface area contributed by atoms with Crippen molar-refractivity contribution in [1.29, 1.82) is 0 Å². The van der Waals surface area contributed by atoms with Gasteiger partial charge in [0, 0.05) is 0 Å². The van der Waals surface area contributed by atoms with Crippen LogP contribution < -0.4 is 0 Å². The van der Waals surface area contributed by atoms with Crippen LogP contribution in [0, 0.1) is 26.8 Å². The van der Waals surface area contributed by atoms with E-state index in [-0.39, 0.29) is 0 Å². The van der Waals surface area contributed by atoms with Crippen LogP contribution in [0.15, 0.2) is 4.90 Å². The van der Waals surface area contributed by atoms with E-state index in [1.807, 2.05) is 0 Å². The fourth-order valence-corrected chi connectivity index (χ4v) is 2.15. The maximum Gasteiger partial charge on any atom is 0.300 e. The first kappa shape index (κ1) is 12.6. The van der Waals surface area contributed by atoms with Crippen molar-refractivity contribution in [1.82, 2.24) is 0 Å². The molecule has 0 spiro atoms. The molecule has 0 aliphatic rings. The molecule has 0 radical (unpaired) electrons. The molecule has 15 heavy (non-hydrogen) atoms. The molecule has 0 aromatic heterocycles. The predicted molar refractivity (Wildman–Crippen MR) is 48.8 cm³/mol. The van der Waals surface area contributed by atoms with Crippen molar-refractivity contribution in [3.63, 3.8) is 0 Å². The summed E-state index contributed by atoms with van der Waals surface area (Å²) in [5.41, 5.74) is 0. The molecule has 0 aliphatic carbocycles. The van der Waals surface area contributed by atoms with Gasteiger partial charge in [-0.2, -0.15) is 8.42 Å². The lowest BCUT2D eigenvalue weighted by atomic mass is 10.3. The van der Waals surface area contributed by atoms with Crippen LogP contribution in [0.1, 0.15) is 0 Å². The highest BCUT2D eigenvalue weighted by Crippen LogP contribution is 2.28. The maximum absolute atomic E-state index is 13.0. The second-order valence-electron chi connectivity index (χ2n) is 2.37. The highest BCUT2D eigenvalue weighted by atomic mass is 127. The van der Waals surface area contributed by atoms with Crippen molar-refractivity contribution in [3.05, 3.63) is 26.8 Å². The highest BCUT2D eigenvalue weighted by molar-refractivity contribution is 14.1. The second-order valence-corrected chi connectivity index (χ2v) is 4.81. The Labute approximate surface area is 95.0 Å². The Bertz CT molecular complexity index is 499. The summed E-state index contributed by atoms with van der Waals surface area (Å²) in [6.07, 6.45) is 0. The normalized spacial score (nSPS) is 11.9. The van der Waals surface area contributed by atoms with Crippen LogP contribution in [0.5, 0.6) is 0 Å². The zero-order valence-electron chi connectivity index (χ0n) is 6.56. The van der Waals surface area contributed by atoms with E-state index in [0.717, 1.165) is 22.6 Å². The largest absolute Gasteiger partial charge is 0.300 e. The molecular formula is C6HF4IO3S. The van der Waals surface area contributed by atoms with Gasteiger partial charge in [0.1, 0.15) is 0 Å². The Kier molecular flexibility index (Phi) is 3.26. The molecule has 1 N–H and O–H groups in total. The van der Waals surface area contributed by atoms with Gasteiger partial charge >= 0.3 is 10.1 Å². The van der Waals surface area contributed by atoms with Gasteiger partial charge in [0.2, 0.25) is 0 Å².